The van der Waals surface area contributed by atoms with Gasteiger partial charge < -0.3 is 19.6 Å². The Bertz CT molecular complexity index is 1290. The van der Waals surface area contributed by atoms with Crippen molar-refractivity contribution in [2.45, 2.75) is 18.9 Å². The summed E-state index contributed by atoms with van der Waals surface area (Å²) in [7, 11) is 0. The molecule has 2 N–H and O–H groups in total. The molecule has 0 saturated carbocycles. The second kappa shape index (κ2) is 9.79. The van der Waals surface area contributed by atoms with Crippen molar-refractivity contribution in [3.05, 3.63) is 94.6 Å². The van der Waals surface area contributed by atoms with Crippen LogP contribution in [0.25, 0.3) is 10.9 Å². The SMILES string of the molecule is O=C(Oc1ccccc1)N1CCc2c([nH]c3ccc(Cl)cc23)C1c1ccc(OCCCO)cc1. The van der Waals surface area contributed by atoms with Gasteiger partial charge in [0.1, 0.15) is 17.5 Å². The minimum Gasteiger partial charge on any atom is -0.494 e. The number of aromatic nitrogens is 1. The standard InChI is InChI=1S/C27H25ClN2O4/c28-19-9-12-24-23(17-19)22-13-14-30(27(32)34-21-5-2-1-3-6-21)26(25(22)29-24)18-7-10-20(11-8-18)33-16-4-15-31/h1-3,5-12,17,26,29,31H,4,13-16H2. The summed E-state index contributed by atoms with van der Waals surface area (Å²) < 4.78 is 11.4. The van der Waals surface area contributed by atoms with E-state index in [1.165, 1.54) is 0 Å². The van der Waals surface area contributed by atoms with Crippen molar-refractivity contribution in [3.8, 4) is 11.5 Å². The van der Waals surface area contributed by atoms with Crippen LogP contribution in [0.4, 0.5) is 4.79 Å². The van der Waals surface area contributed by atoms with Crippen molar-refractivity contribution in [1.29, 1.82) is 0 Å². The van der Waals surface area contributed by atoms with E-state index in [2.05, 4.69) is 4.98 Å². The largest absolute Gasteiger partial charge is 0.494 e. The maximum Gasteiger partial charge on any atom is 0.416 e. The number of nitrogens with zero attached hydrogens (tertiary/aromatic N) is 1. The van der Waals surface area contributed by atoms with Crippen LogP contribution in [0.5, 0.6) is 11.5 Å². The van der Waals surface area contributed by atoms with E-state index >= 15 is 0 Å². The van der Waals surface area contributed by atoms with Crippen LogP contribution in [0, 0.1) is 0 Å². The number of benzene rings is 3. The second-order valence-corrected chi connectivity index (χ2v) is 8.67. The van der Waals surface area contributed by atoms with Crippen molar-refractivity contribution in [1.82, 2.24) is 9.88 Å². The molecule has 2 heterocycles. The van der Waals surface area contributed by atoms with Crippen LogP contribution in [0.15, 0.2) is 72.8 Å². The molecule has 4 aromatic rings. The van der Waals surface area contributed by atoms with Gasteiger partial charge in [0.15, 0.2) is 0 Å². The molecule has 174 valence electrons. The van der Waals surface area contributed by atoms with E-state index in [-0.39, 0.29) is 12.6 Å². The van der Waals surface area contributed by atoms with E-state index in [0.717, 1.165) is 33.5 Å². The summed E-state index contributed by atoms with van der Waals surface area (Å²) in [5.74, 6) is 1.23. The number of H-pyrrole nitrogens is 1. The van der Waals surface area contributed by atoms with E-state index in [0.29, 0.717) is 36.8 Å². The highest BCUT2D eigenvalue weighted by molar-refractivity contribution is 6.31. The zero-order valence-corrected chi connectivity index (χ0v) is 19.3. The molecule has 1 unspecified atom stereocenters. The molecule has 1 aliphatic heterocycles. The Hall–Kier alpha value is -3.48. The number of aliphatic hydroxyl groups excluding tert-OH is 1. The van der Waals surface area contributed by atoms with Crippen LogP contribution in [0.1, 0.15) is 29.3 Å². The number of carbonyl (C=O) groups excluding carboxylic acids is 1. The first-order valence-electron chi connectivity index (χ1n) is 11.3. The normalized spacial score (nSPS) is 15.2. The van der Waals surface area contributed by atoms with Gasteiger partial charge in [-0.1, -0.05) is 41.9 Å². The number of aromatic amines is 1. The Balaban J connectivity index is 1.52. The van der Waals surface area contributed by atoms with Crippen LogP contribution in [0.2, 0.25) is 5.02 Å². The molecule has 0 bridgehead atoms. The monoisotopic (exact) mass is 476 g/mol. The van der Waals surface area contributed by atoms with Gasteiger partial charge in [0.25, 0.3) is 0 Å². The smallest absolute Gasteiger partial charge is 0.416 e. The number of ether oxygens (including phenoxy) is 2. The van der Waals surface area contributed by atoms with Gasteiger partial charge in [-0.3, -0.25) is 4.90 Å². The van der Waals surface area contributed by atoms with Crippen molar-refractivity contribution < 1.29 is 19.4 Å². The molecule has 5 rings (SSSR count). The zero-order valence-electron chi connectivity index (χ0n) is 18.5. The number of amides is 1. The van der Waals surface area contributed by atoms with Crippen LogP contribution in [-0.2, 0) is 6.42 Å². The van der Waals surface area contributed by atoms with Crippen molar-refractivity contribution in [3.63, 3.8) is 0 Å². The molecule has 0 saturated heterocycles. The van der Waals surface area contributed by atoms with Gasteiger partial charge in [-0.15, -0.1) is 0 Å². The number of nitrogens with one attached hydrogen (secondary N) is 1. The van der Waals surface area contributed by atoms with Crippen LogP contribution in [-0.4, -0.2) is 40.8 Å². The predicted molar refractivity (Wildman–Crippen MR) is 132 cm³/mol. The zero-order chi connectivity index (χ0) is 23.5. The molecular weight excluding hydrogens is 452 g/mol. The number of aliphatic hydroxyl groups is 1. The third kappa shape index (κ3) is 4.47. The Labute approximate surface area is 202 Å². The van der Waals surface area contributed by atoms with E-state index < -0.39 is 6.09 Å². The topological polar surface area (TPSA) is 74.8 Å². The number of para-hydroxylation sites is 1. The predicted octanol–water partition coefficient (Wildman–Crippen LogP) is 5.73. The van der Waals surface area contributed by atoms with E-state index in [9.17, 15) is 4.79 Å². The fourth-order valence-electron chi connectivity index (χ4n) is 4.45. The first kappa shape index (κ1) is 22.3. The van der Waals surface area contributed by atoms with E-state index in [4.69, 9.17) is 26.2 Å². The lowest BCUT2D eigenvalue weighted by Crippen LogP contribution is -2.42. The average molecular weight is 477 g/mol. The highest BCUT2D eigenvalue weighted by Gasteiger charge is 2.35. The Kier molecular flexibility index (Phi) is 6.43. The summed E-state index contributed by atoms with van der Waals surface area (Å²) in [5.41, 5.74) is 4.05. The maximum atomic E-state index is 13.3. The molecule has 0 fully saturated rings. The average Bonchev–Trinajstić information content (AvgIpc) is 3.22. The van der Waals surface area contributed by atoms with Crippen molar-refractivity contribution in [2.75, 3.05) is 19.8 Å². The molecule has 1 atom stereocenters. The Morgan fingerprint density at radius 3 is 2.62 bits per heavy atom. The number of fused-ring (bicyclic) bond motifs is 3. The molecule has 34 heavy (non-hydrogen) atoms. The summed E-state index contributed by atoms with van der Waals surface area (Å²) in [4.78, 5) is 18.6. The van der Waals surface area contributed by atoms with Crippen LogP contribution >= 0.6 is 11.6 Å². The van der Waals surface area contributed by atoms with Gasteiger partial charge in [0.2, 0.25) is 0 Å². The number of halogens is 1. The second-order valence-electron chi connectivity index (χ2n) is 8.23. The lowest BCUT2D eigenvalue weighted by Gasteiger charge is -2.35. The molecule has 3 aromatic carbocycles. The molecule has 0 spiro atoms. The lowest BCUT2D eigenvalue weighted by molar-refractivity contribution is 0.135. The van der Waals surface area contributed by atoms with Crippen molar-refractivity contribution >= 4 is 28.6 Å². The molecule has 1 amide bonds. The summed E-state index contributed by atoms with van der Waals surface area (Å²) in [6.07, 6.45) is 0.866. The fraction of sp³-hybridized carbons (Fsp3) is 0.222. The van der Waals surface area contributed by atoms with Gasteiger partial charge in [-0.25, -0.2) is 4.79 Å². The Morgan fingerprint density at radius 1 is 1.06 bits per heavy atom. The van der Waals surface area contributed by atoms with Gasteiger partial charge in [-0.05, 0) is 60.0 Å². The first-order valence-corrected chi connectivity index (χ1v) is 11.7. The number of hydrogen-bond donors (Lipinski definition) is 2. The molecule has 0 aliphatic carbocycles. The summed E-state index contributed by atoms with van der Waals surface area (Å²) in [5, 5.41) is 10.7. The van der Waals surface area contributed by atoms with Gasteiger partial charge in [-0.2, -0.15) is 0 Å². The molecule has 6 nitrogen and oxygen atoms in total. The van der Waals surface area contributed by atoms with Crippen LogP contribution < -0.4 is 9.47 Å². The van der Waals surface area contributed by atoms with Crippen molar-refractivity contribution in [2.24, 2.45) is 0 Å². The summed E-state index contributed by atoms with van der Waals surface area (Å²) in [6.45, 7) is 1.05. The minimum absolute atomic E-state index is 0.0891. The molecule has 1 aromatic heterocycles. The third-order valence-corrected chi connectivity index (χ3v) is 6.27. The Morgan fingerprint density at radius 2 is 1.85 bits per heavy atom. The van der Waals surface area contributed by atoms with Crippen LogP contribution in [0.3, 0.4) is 0 Å². The lowest BCUT2D eigenvalue weighted by atomic mass is 9.92. The van der Waals surface area contributed by atoms with Gasteiger partial charge in [0.05, 0.1) is 6.61 Å². The number of carbonyl (C=O) groups is 1. The summed E-state index contributed by atoms with van der Waals surface area (Å²) >= 11 is 6.28. The van der Waals surface area contributed by atoms with Gasteiger partial charge in [0, 0.05) is 41.2 Å². The third-order valence-electron chi connectivity index (χ3n) is 6.04. The quantitative estimate of drug-likeness (QED) is 0.348. The van der Waals surface area contributed by atoms with E-state index in [1.807, 2.05) is 60.7 Å². The molecule has 0 radical (unpaired) electrons. The molecule has 1 aliphatic rings. The first-order chi connectivity index (χ1) is 16.6. The fourth-order valence-corrected chi connectivity index (χ4v) is 4.62. The minimum atomic E-state index is -0.401. The summed E-state index contributed by atoms with van der Waals surface area (Å²) in [6, 6.07) is 22.3. The highest BCUT2D eigenvalue weighted by Crippen LogP contribution is 2.40. The maximum absolute atomic E-state index is 13.3. The highest BCUT2D eigenvalue weighted by atomic mass is 35.5. The molecular formula is C27H25ClN2O4. The molecule has 7 heteroatoms. The van der Waals surface area contributed by atoms with E-state index in [1.54, 1.807) is 17.0 Å². The number of rotatable bonds is 6. The van der Waals surface area contributed by atoms with Gasteiger partial charge >= 0.3 is 6.09 Å². The number of hydrogen-bond acceptors (Lipinski definition) is 4.